The highest BCUT2D eigenvalue weighted by Crippen LogP contribution is 2.29. The molecule has 27 heavy (non-hydrogen) atoms. The van der Waals surface area contributed by atoms with Crippen LogP contribution in [0.2, 0.25) is 10.0 Å². The number of rotatable bonds is 5. The van der Waals surface area contributed by atoms with Gasteiger partial charge in [-0.25, -0.2) is 0 Å². The van der Waals surface area contributed by atoms with Crippen LogP contribution >= 0.6 is 23.2 Å². The molecule has 1 aliphatic carbocycles. The van der Waals surface area contributed by atoms with E-state index in [0.717, 1.165) is 32.1 Å². The Morgan fingerprint density at radius 3 is 2.22 bits per heavy atom. The highest BCUT2D eigenvalue weighted by Gasteiger charge is 2.30. The van der Waals surface area contributed by atoms with Gasteiger partial charge in [0.2, 0.25) is 6.10 Å². The van der Waals surface area contributed by atoms with E-state index in [1.165, 1.54) is 0 Å². The number of anilines is 1. The van der Waals surface area contributed by atoms with Crippen LogP contribution in [0.5, 0.6) is 0 Å². The van der Waals surface area contributed by atoms with Crippen LogP contribution in [0.25, 0.3) is 0 Å². The number of amides is 1. The number of halogens is 2. The lowest BCUT2D eigenvalue weighted by Crippen LogP contribution is -2.29. The van der Waals surface area contributed by atoms with E-state index in [1.54, 1.807) is 42.5 Å². The van der Waals surface area contributed by atoms with Crippen molar-refractivity contribution in [1.29, 1.82) is 0 Å². The summed E-state index contributed by atoms with van der Waals surface area (Å²) in [4.78, 5) is 25.5. The molecule has 0 saturated heterocycles. The monoisotopic (exact) mass is 405 g/mol. The van der Waals surface area contributed by atoms with Crippen LogP contribution < -0.4 is 5.32 Å². The fraction of sp³-hybridized carbons (Fsp3) is 0.333. The second-order valence-electron chi connectivity index (χ2n) is 6.71. The Morgan fingerprint density at radius 2 is 1.59 bits per heavy atom. The van der Waals surface area contributed by atoms with E-state index in [2.05, 4.69) is 5.32 Å². The second kappa shape index (κ2) is 9.25. The number of benzene rings is 2. The van der Waals surface area contributed by atoms with Gasteiger partial charge in [0.25, 0.3) is 5.91 Å². The molecule has 2 aromatic carbocycles. The highest BCUT2D eigenvalue weighted by molar-refractivity contribution is 6.35. The maximum Gasteiger partial charge on any atom is 0.310 e. The lowest BCUT2D eigenvalue weighted by Gasteiger charge is -2.24. The van der Waals surface area contributed by atoms with Crippen LogP contribution in [0.4, 0.5) is 5.69 Å². The first kappa shape index (κ1) is 19.7. The summed E-state index contributed by atoms with van der Waals surface area (Å²) in [5, 5.41) is 3.57. The summed E-state index contributed by atoms with van der Waals surface area (Å²) in [5.74, 6) is -0.898. The van der Waals surface area contributed by atoms with E-state index >= 15 is 0 Å². The van der Waals surface area contributed by atoms with Crippen molar-refractivity contribution in [2.75, 3.05) is 5.32 Å². The molecular formula is C21H21Cl2NO3. The molecule has 1 amide bonds. The van der Waals surface area contributed by atoms with Gasteiger partial charge in [0.15, 0.2) is 0 Å². The highest BCUT2D eigenvalue weighted by atomic mass is 35.5. The molecule has 142 valence electrons. The Labute approximate surface area is 168 Å². The molecule has 0 aromatic heterocycles. The molecule has 1 atom stereocenters. The van der Waals surface area contributed by atoms with Gasteiger partial charge >= 0.3 is 5.97 Å². The molecule has 0 aliphatic heterocycles. The predicted molar refractivity (Wildman–Crippen MR) is 107 cm³/mol. The molecule has 0 heterocycles. The Balaban J connectivity index is 1.78. The normalized spacial score (nSPS) is 15.8. The summed E-state index contributed by atoms with van der Waals surface area (Å²) < 4.78 is 5.65. The molecule has 1 aliphatic rings. The zero-order chi connectivity index (χ0) is 19.2. The predicted octanol–water partition coefficient (Wildman–Crippen LogP) is 5.80. The van der Waals surface area contributed by atoms with Crippen molar-refractivity contribution in [3.8, 4) is 0 Å². The zero-order valence-electron chi connectivity index (χ0n) is 14.8. The molecule has 6 heteroatoms. The summed E-state index contributed by atoms with van der Waals surface area (Å²) in [5.41, 5.74) is 1.07. The first-order chi connectivity index (χ1) is 13.0. The fourth-order valence-electron chi connectivity index (χ4n) is 3.29. The fourth-order valence-corrected chi connectivity index (χ4v) is 3.81. The molecule has 1 fully saturated rings. The van der Waals surface area contributed by atoms with Crippen molar-refractivity contribution in [1.82, 2.24) is 0 Å². The molecular weight excluding hydrogens is 385 g/mol. The maximum absolute atomic E-state index is 12.9. The van der Waals surface area contributed by atoms with E-state index in [9.17, 15) is 9.59 Å². The van der Waals surface area contributed by atoms with Gasteiger partial charge in [0.05, 0.1) is 5.92 Å². The van der Waals surface area contributed by atoms with Crippen molar-refractivity contribution < 1.29 is 14.3 Å². The molecule has 1 N–H and O–H groups in total. The molecule has 0 unspecified atom stereocenters. The average molecular weight is 406 g/mol. The minimum atomic E-state index is -1.03. The third-order valence-corrected chi connectivity index (χ3v) is 5.08. The van der Waals surface area contributed by atoms with Gasteiger partial charge in [0, 0.05) is 21.3 Å². The van der Waals surface area contributed by atoms with Gasteiger partial charge in [-0.2, -0.15) is 0 Å². The number of hydrogen-bond acceptors (Lipinski definition) is 3. The largest absolute Gasteiger partial charge is 0.447 e. The lowest BCUT2D eigenvalue weighted by atomic mass is 9.89. The van der Waals surface area contributed by atoms with Crippen molar-refractivity contribution in [2.24, 2.45) is 5.92 Å². The molecule has 3 rings (SSSR count). The van der Waals surface area contributed by atoms with Crippen LogP contribution in [-0.2, 0) is 14.3 Å². The standard InChI is InChI=1S/C21H21Cl2NO3/c22-16-11-17(23)13-18(12-16)24-20(25)19(14-7-3-1-4-8-14)27-21(26)15-9-5-2-6-10-15/h1,3-4,7-8,11-13,15,19H,2,5-6,9-10H2,(H,24,25)/t19-/m0/s1. The number of esters is 1. The second-order valence-corrected chi connectivity index (χ2v) is 7.58. The molecule has 0 radical (unpaired) electrons. The summed E-state index contributed by atoms with van der Waals surface area (Å²) in [6, 6.07) is 13.8. The van der Waals surface area contributed by atoms with E-state index in [-0.39, 0.29) is 11.9 Å². The summed E-state index contributed by atoms with van der Waals surface area (Å²) in [6.07, 6.45) is 3.77. The first-order valence-electron chi connectivity index (χ1n) is 9.05. The molecule has 0 spiro atoms. The van der Waals surface area contributed by atoms with Crippen LogP contribution in [0.3, 0.4) is 0 Å². The SMILES string of the molecule is O=C(O[C@H](C(=O)Nc1cc(Cl)cc(Cl)c1)c1ccccc1)C1CCCCC1. The van der Waals surface area contributed by atoms with Crippen molar-refractivity contribution >= 4 is 40.8 Å². The van der Waals surface area contributed by atoms with Gasteiger partial charge in [-0.1, -0.05) is 72.8 Å². The van der Waals surface area contributed by atoms with E-state index < -0.39 is 12.0 Å². The minimum absolute atomic E-state index is 0.140. The summed E-state index contributed by atoms with van der Waals surface area (Å²) in [7, 11) is 0. The third kappa shape index (κ3) is 5.47. The number of carbonyl (C=O) groups is 2. The van der Waals surface area contributed by atoms with Crippen LogP contribution in [0, 0.1) is 5.92 Å². The number of carbonyl (C=O) groups excluding carboxylic acids is 2. The van der Waals surface area contributed by atoms with Crippen LogP contribution in [0.1, 0.15) is 43.8 Å². The van der Waals surface area contributed by atoms with E-state index in [4.69, 9.17) is 27.9 Å². The number of nitrogens with one attached hydrogen (secondary N) is 1. The zero-order valence-corrected chi connectivity index (χ0v) is 16.3. The number of ether oxygens (including phenoxy) is 1. The van der Waals surface area contributed by atoms with E-state index in [1.807, 2.05) is 6.07 Å². The van der Waals surface area contributed by atoms with Crippen LogP contribution in [0.15, 0.2) is 48.5 Å². The number of hydrogen-bond donors (Lipinski definition) is 1. The molecule has 4 nitrogen and oxygen atoms in total. The molecule has 0 bridgehead atoms. The van der Waals surface area contributed by atoms with Gasteiger partial charge in [-0.3, -0.25) is 9.59 Å². The topological polar surface area (TPSA) is 55.4 Å². The molecule has 1 saturated carbocycles. The lowest BCUT2D eigenvalue weighted by molar-refractivity contribution is -0.159. The Bertz CT molecular complexity index is 784. The summed E-state index contributed by atoms with van der Waals surface area (Å²) >= 11 is 12.0. The van der Waals surface area contributed by atoms with Gasteiger partial charge < -0.3 is 10.1 Å². The minimum Gasteiger partial charge on any atom is -0.447 e. The van der Waals surface area contributed by atoms with Crippen molar-refractivity contribution in [3.63, 3.8) is 0 Å². The van der Waals surface area contributed by atoms with Crippen molar-refractivity contribution in [3.05, 3.63) is 64.1 Å². The third-order valence-electron chi connectivity index (χ3n) is 4.64. The van der Waals surface area contributed by atoms with Gasteiger partial charge in [-0.05, 0) is 31.0 Å². The molecule has 2 aromatic rings. The Kier molecular flexibility index (Phi) is 6.75. The quantitative estimate of drug-likeness (QED) is 0.639. The van der Waals surface area contributed by atoms with Gasteiger partial charge in [-0.15, -0.1) is 0 Å². The van der Waals surface area contributed by atoms with Crippen LogP contribution in [-0.4, -0.2) is 11.9 Å². The van der Waals surface area contributed by atoms with E-state index in [0.29, 0.717) is 21.3 Å². The maximum atomic E-state index is 12.9. The Morgan fingerprint density at radius 1 is 0.963 bits per heavy atom. The summed E-state index contributed by atoms with van der Waals surface area (Å²) in [6.45, 7) is 0. The first-order valence-corrected chi connectivity index (χ1v) is 9.81. The smallest absolute Gasteiger partial charge is 0.310 e. The van der Waals surface area contributed by atoms with Gasteiger partial charge in [0.1, 0.15) is 0 Å². The Hall–Kier alpha value is -2.04. The average Bonchev–Trinajstić information content (AvgIpc) is 2.66. The van der Waals surface area contributed by atoms with Crippen molar-refractivity contribution in [2.45, 2.75) is 38.2 Å².